The van der Waals surface area contributed by atoms with Gasteiger partial charge in [-0.25, -0.2) is 24.7 Å². The summed E-state index contributed by atoms with van der Waals surface area (Å²) < 4.78 is 4.29. The van der Waals surface area contributed by atoms with Crippen LogP contribution in [-0.2, 0) is 12.8 Å². The molecule has 63 heavy (non-hydrogen) atoms. The summed E-state index contributed by atoms with van der Waals surface area (Å²) in [6.07, 6.45) is 14.6. The summed E-state index contributed by atoms with van der Waals surface area (Å²) in [5.74, 6) is 0.968. The summed E-state index contributed by atoms with van der Waals surface area (Å²) in [6.45, 7) is 10.8. The Balaban J connectivity index is 0.000000143. The predicted octanol–water partition coefficient (Wildman–Crippen LogP) is 4.56. The molecule has 0 spiro atoms. The van der Waals surface area contributed by atoms with Gasteiger partial charge in [0.25, 0.3) is 5.91 Å². The Morgan fingerprint density at radius 2 is 1.16 bits per heavy atom. The Hall–Kier alpha value is -5.34. The number of hydrogen-bond acceptors (Lipinski definition) is 15. The zero-order valence-electron chi connectivity index (χ0n) is 35.9. The predicted molar refractivity (Wildman–Crippen MR) is 248 cm³/mol. The molecule has 0 bridgehead atoms. The first-order valence-electron chi connectivity index (χ1n) is 22.0. The topological polar surface area (TPSA) is 206 Å². The summed E-state index contributed by atoms with van der Waals surface area (Å²) in [6, 6.07) is 8.67. The Kier molecular flexibility index (Phi) is 14.1. The van der Waals surface area contributed by atoms with E-state index in [1.54, 1.807) is 5.38 Å². The maximum atomic E-state index is 12.8. The fourth-order valence-electron chi connectivity index (χ4n) is 8.41. The third-order valence-electron chi connectivity index (χ3n) is 12.1. The van der Waals surface area contributed by atoms with Crippen LogP contribution in [0.15, 0.2) is 59.8 Å². The first kappa shape index (κ1) is 44.3. The Bertz CT molecular complexity index is 2470. The van der Waals surface area contributed by atoms with Crippen LogP contribution >= 0.6 is 22.7 Å². The molecule has 2 atom stereocenters. The fraction of sp³-hybridized carbons (Fsp3) is 0.500. The third-order valence-corrected chi connectivity index (χ3v) is 13.9. The first-order chi connectivity index (χ1) is 30.5. The van der Waals surface area contributed by atoms with Crippen molar-refractivity contribution in [2.24, 2.45) is 5.73 Å². The lowest BCUT2D eigenvalue weighted by atomic mass is 10.1. The number of thiazole rings is 2. The number of aryl methyl sites for hydroxylation is 2. The van der Waals surface area contributed by atoms with E-state index in [0.29, 0.717) is 5.69 Å². The molecule has 4 fully saturated rings. The highest BCUT2D eigenvalue weighted by Gasteiger charge is 2.29. The molecule has 0 aliphatic carbocycles. The van der Waals surface area contributed by atoms with E-state index in [1.807, 2.05) is 16.3 Å². The van der Waals surface area contributed by atoms with Gasteiger partial charge in [-0.2, -0.15) is 0 Å². The average Bonchev–Trinajstić information content (AvgIpc) is 4.15. The van der Waals surface area contributed by atoms with Crippen LogP contribution in [0.5, 0.6) is 0 Å². The third kappa shape index (κ3) is 10.6. The van der Waals surface area contributed by atoms with Crippen molar-refractivity contribution in [1.82, 2.24) is 34.1 Å². The van der Waals surface area contributed by atoms with Crippen LogP contribution in [0.2, 0.25) is 0 Å². The minimum atomic E-state index is -0.991. The zero-order valence-corrected chi connectivity index (χ0v) is 37.6. The van der Waals surface area contributed by atoms with Gasteiger partial charge in [-0.05, 0) is 75.6 Å². The number of hydrogen-bond donors (Lipinski definition) is 5. The van der Waals surface area contributed by atoms with Crippen molar-refractivity contribution in [2.75, 3.05) is 72.0 Å². The second-order valence-corrected chi connectivity index (χ2v) is 18.3. The van der Waals surface area contributed by atoms with Crippen molar-refractivity contribution in [3.63, 3.8) is 0 Å². The molecule has 4 aliphatic rings. The van der Waals surface area contributed by atoms with E-state index in [9.17, 15) is 19.8 Å². The number of carboxylic acids is 1. The van der Waals surface area contributed by atoms with E-state index in [0.717, 1.165) is 143 Å². The number of nitrogens with two attached hydrogens (primary N) is 1. The number of carboxylic acid groups (broad SMARTS) is 1. The van der Waals surface area contributed by atoms with E-state index in [-0.39, 0.29) is 35.9 Å². The molecule has 4 saturated heterocycles. The number of carbonyl (C=O) groups excluding carboxylic acids is 1. The van der Waals surface area contributed by atoms with E-state index >= 15 is 0 Å². The van der Waals surface area contributed by atoms with Gasteiger partial charge in [0.05, 0.1) is 34.6 Å². The van der Waals surface area contributed by atoms with Crippen LogP contribution < -0.4 is 30.7 Å². The number of aromatic nitrogens is 6. The van der Waals surface area contributed by atoms with Gasteiger partial charge in [0.1, 0.15) is 5.69 Å². The van der Waals surface area contributed by atoms with Crippen molar-refractivity contribution in [3.8, 4) is 0 Å². The Labute approximate surface area is 374 Å². The summed E-state index contributed by atoms with van der Waals surface area (Å²) in [5.41, 5.74) is 11.0. The van der Waals surface area contributed by atoms with Gasteiger partial charge in [-0.1, -0.05) is 13.8 Å². The standard InChI is InChI=1S/C22H28N6O2S.C13H18N4.C9H12N2O3S/c1-2-15-12-27-8-3-4-19(27)20(23-15)28-9-5-16(13-28)24-21(30)18-14-31-22(25-18)26-10-6-17(29)7-11-26;1-2-11-9-16-6-3-4-12(16)13(15-11)17-7-5-10(14)8-17;12-6-1-3-11(4-2-6)9-10-7(5-15-9)8(13)14/h3-4,8,12,14,16-17,29H,2,5-7,9-11,13H2,1H3,(H,24,30);3-4,6,9-10H,2,5,7-8,14H2,1H3;5-6,12H,1-4H2,(H,13,14)/t16-;10-;/m00./s1. The van der Waals surface area contributed by atoms with Gasteiger partial charge in [0.15, 0.2) is 27.6 Å². The molecule has 10 rings (SSSR count). The number of rotatable bonds is 9. The maximum absolute atomic E-state index is 12.8. The van der Waals surface area contributed by atoms with Crippen LogP contribution in [0.25, 0.3) is 11.0 Å². The molecule has 0 radical (unpaired) electrons. The van der Waals surface area contributed by atoms with Crippen LogP contribution in [-0.4, -0.2) is 133 Å². The maximum Gasteiger partial charge on any atom is 0.355 e. The van der Waals surface area contributed by atoms with Crippen molar-refractivity contribution < 1.29 is 24.9 Å². The summed E-state index contributed by atoms with van der Waals surface area (Å²) in [7, 11) is 0. The number of anilines is 4. The molecule has 10 heterocycles. The van der Waals surface area contributed by atoms with Crippen LogP contribution in [0.3, 0.4) is 0 Å². The fourth-order valence-corrected chi connectivity index (χ4v) is 10.1. The number of aliphatic hydroxyl groups is 2. The van der Waals surface area contributed by atoms with Gasteiger partial charge >= 0.3 is 5.97 Å². The lowest BCUT2D eigenvalue weighted by molar-refractivity contribution is 0.0690. The van der Waals surface area contributed by atoms with Crippen molar-refractivity contribution in [1.29, 1.82) is 0 Å². The molecule has 4 aliphatic heterocycles. The Morgan fingerprint density at radius 3 is 1.63 bits per heavy atom. The lowest BCUT2D eigenvalue weighted by Gasteiger charge is -2.29. The summed E-state index contributed by atoms with van der Waals surface area (Å²) in [5, 5.41) is 35.9. The molecule has 6 aromatic heterocycles. The molecule has 17 nitrogen and oxygen atoms in total. The highest BCUT2D eigenvalue weighted by atomic mass is 32.1. The van der Waals surface area contributed by atoms with Gasteiger partial charge in [-0.15, -0.1) is 22.7 Å². The van der Waals surface area contributed by atoms with Gasteiger partial charge in [0.2, 0.25) is 0 Å². The number of nitrogens with zero attached hydrogens (tertiary/aromatic N) is 10. The van der Waals surface area contributed by atoms with E-state index < -0.39 is 5.97 Å². The highest BCUT2D eigenvalue weighted by Crippen LogP contribution is 2.28. The molecule has 6 N–H and O–H groups in total. The van der Waals surface area contributed by atoms with Gasteiger partial charge in [-0.3, -0.25) is 4.79 Å². The molecular formula is C44H58N12O5S2. The summed E-state index contributed by atoms with van der Waals surface area (Å²) in [4.78, 5) is 50.4. The number of piperidine rings is 2. The monoisotopic (exact) mass is 898 g/mol. The lowest BCUT2D eigenvalue weighted by Crippen LogP contribution is -2.38. The molecule has 19 heteroatoms. The average molecular weight is 899 g/mol. The highest BCUT2D eigenvalue weighted by molar-refractivity contribution is 7.14. The quantitative estimate of drug-likeness (QED) is 0.135. The Morgan fingerprint density at radius 1 is 0.683 bits per heavy atom. The molecule has 336 valence electrons. The number of aliphatic hydroxyl groups excluding tert-OH is 2. The van der Waals surface area contributed by atoms with Crippen molar-refractivity contribution in [2.45, 2.75) is 89.5 Å². The van der Waals surface area contributed by atoms with Crippen LogP contribution in [0.1, 0.15) is 84.7 Å². The van der Waals surface area contributed by atoms with Crippen molar-refractivity contribution in [3.05, 3.63) is 82.6 Å². The SMILES string of the molecule is CCc1cn2cccc2c(N2CC[C@H](N)C2)n1.CCc1cn2cccc2c(N2CC[C@H](NC(=O)c3csc(N4CCC(O)CC4)n3)C2)n1.O=C(O)c1csc(N2CCC(O)CC2)n1. The summed E-state index contributed by atoms with van der Waals surface area (Å²) >= 11 is 2.83. The van der Waals surface area contributed by atoms with Crippen LogP contribution in [0, 0.1) is 0 Å². The number of fused-ring (bicyclic) bond motifs is 2. The normalized spacial score (nSPS) is 19.6. The minimum absolute atomic E-state index is 0.0740. The largest absolute Gasteiger partial charge is 0.476 e. The molecule has 6 aromatic rings. The minimum Gasteiger partial charge on any atom is -0.476 e. The van der Waals surface area contributed by atoms with Crippen molar-refractivity contribution >= 4 is 67.5 Å². The smallest absolute Gasteiger partial charge is 0.355 e. The molecule has 1 amide bonds. The second-order valence-electron chi connectivity index (χ2n) is 16.6. The number of amides is 1. The van der Waals surface area contributed by atoms with E-state index in [2.05, 4.69) is 95.6 Å². The number of nitrogens with one attached hydrogen (secondary N) is 1. The first-order valence-corrected chi connectivity index (χ1v) is 23.8. The van der Waals surface area contributed by atoms with Gasteiger partial charge < -0.3 is 54.8 Å². The number of carbonyl (C=O) groups is 2. The molecular weight excluding hydrogens is 841 g/mol. The molecule has 0 saturated carbocycles. The van der Waals surface area contributed by atoms with E-state index in [4.69, 9.17) is 20.8 Å². The number of aromatic carboxylic acids is 1. The van der Waals surface area contributed by atoms with E-state index in [1.165, 1.54) is 28.2 Å². The van der Waals surface area contributed by atoms with Crippen LogP contribution in [0.4, 0.5) is 21.9 Å². The van der Waals surface area contributed by atoms with Gasteiger partial charge in [0, 0.05) is 100.0 Å². The molecule has 0 unspecified atom stereocenters. The second kappa shape index (κ2) is 20.0. The molecule has 0 aromatic carbocycles. The zero-order chi connectivity index (χ0) is 44.0.